The molecule has 0 aromatic rings. The monoisotopic (exact) mass is 492 g/mol. The molecule has 0 saturated carbocycles. The van der Waals surface area contributed by atoms with E-state index in [1.165, 1.54) is 0 Å². The van der Waals surface area contributed by atoms with Gasteiger partial charge in [-0.15, -0.1) is 0 Å². The Hall–Kier alpha value is 1.74. The van der Waals surface area contributed by atoms with Gasteiger partial charge in [-0.1, -0.05) is 0 Å². The average Bonchev–Trinajstić information content (AvgIpc) is 1.78. The van der Waals surface area contributed by atoms with Crippen molar-refractivity contribution in [2.45, 2.75) is 14.3 Å². The standard InChI is InChI=1S/C4Cl2F6Te2/c5-1(3(7,8)9)13-2(6,14-1)4(10,11)12. The number of halogens is 8. The molecule has 0 aliphatic carbocycles. The van der Waals surface area contributed by atoms with Gasteiger partial charge in [0.05, 0.1) is 0 Å². The topological polar surface area (TPSA) is 0 Å². The predicted molar refractivity (Wildman–Crippen MR) is 40.8 cm³/mol. The minimum absolute atomic E-state index is 2.54. The Morgan fingerprint density at radius 1 is 0.714 bits per heavy atom. The SMILES string of the molecule is FC(F)(F)C1(Cl)[Te]C(Cl)(C(F)(F)F)[Te]1. The van der Waals surface area contributed by atoms with Crippen molar-refractivity contribution >= 4 is 65.0 Å². The van der Waals surface area contributed by atoms with E-state index in [0.29, 0.717) is 0 Å². The summed E-state index contributed by atoms with van der Waals surface area (Å²) in [5.41, 5.74) is 0. The molecule has 0 bridgehead atoms. The van der Waals surface area contributed by atoms with Gasteiger partial charge in [-0.05, 0) is 0 Å². The van der Waals surface area contributed by atoms with Crippen LogP contribution in [0.4, 0.5) is 26.3 Å². The molecule has 1 heterocycles. The summed E-state index contributed by atoms with van der Waals surface area (Å²) in [6, 6.07) is 0. The normalized spacial score (nSPS) is 39.4. The Morgan fingerprint density at radius 2 is 0.929 bits per heavy atom. The molecular weight excluding hydrogens is 488 g/mol. The van der Waals surface area contributed by atoms with Gasteiger partial charge in [0.15, 0.2) is 0 Å². The van der Waals surface area contributed by atoms with E-state index in [1.807, 2.05) is 0 Å². The fraction of sp³-hybridized carbons (Fsp3) is 1.00. The summed E-state index contributed by atoms with van der Waals surface area (Å²) < 4.78 is 67.6. The van der Waals surface area contributed by atoms with E-state index in [4.69, 9.17) is 23.2 Å². The van der Waals surface area contributed by atoms with Crippen molar-refractivity contribution in [2.24, 2.45) is 0 Å². The molecule has 0 aromatic carbocycles. The van der Waals surface area contributed by atoms with Crippen LogP contribution in [0.1, 0.15) is 0 Å². The fourth-order valence-electron chi connectivity index (χ4n) is 0.577. The average molecular weight is 488 g/mol. The third-order valence-electron chi connectivity index (χ3n) is 1.20. The van der Waals surface area contributed by atoms with Gasteiger partial charge >= 0.3 is 106 Å². The summed E-state index contributed by atoms with van der Waals surface area (Å²) in [5, 5.41) is 0. The van der Waals surface area contributed by atoms with E-state index in [0.717, 1.165) is 0 Å². The third kappa shape index (κ3) is 2.21. The maximum atomic E-state index is 12.1. The zero-order valence-corrected chi connectivity index (χ0v) is 12.0. The Balaban J connectivity index is 2.76. The van der Waals surface area contributed by atoms with Gasteiger partial charge in [0.2, 0.25) is 0 Å². The summed E-state index contributed by atoms with van der Waals surface area (Å²) >= 11 is 5.07. The van der Waals surface area contributed by atoms with Crippen LogP contribution in [0.5, 0.6) is 0 Å². The fourth-order valence-corrected chi connectivity index (χ4v) is 19.3. The van der Waals surface area contributed by atoms with E-state index < -0.39 is 56.1 Å². The second-order valence-corrected chi connectivity index (χ2v) is 19.4. The summed E-state index contributed by atoms with van der Waals surface area (Å²) in [6.45, 7) is 0. The van der Waals surface area contributed by atoms with Crippen LogP contribution in [-0.2, 0) is 0 Å². The molecule has 1 fully saturated rings. The van der Waals surface area contributed by atoms with Gasteiger partial charge in [0.25, 0.3) is 0 Å². The minimum atomic E-state index is -4.75. The molecule has 0 nitrogen and oxygen atoms in total. The van der Waals surface area contributed by atoms with Crippen molar-refractivity contribution in [2.75, 3.05) is 0 Å². The Kier molecular flexibility index (Phi) is 3.56. The molecule has 14 heavy (non-hydrogen) atoms. The molecule has 1 rings (SSSR count). The van der Waals surface area contributed by atoms with E-state index in [9.17, 15) is 26.3 Å². The first-order valence-electron chi connectivity index (χ1n) is 2.83. The van der Waals surface area contributed by atoms with Crippen LogP contribution in [-0.4, -0.2) is 56.1 Å². The second-order valence-electron chi connectivity index (χ2n) is 2.27. The molecule has 0 radical (unpaired) electrons. The molecule has 84 valence electrons. The van der Waals surface area contributed by atoms with E-state index >= 15 is 0 Å². The third-order valence-corrected chi connectivity index (χ3v) is 15.7. The Labute approximate surface area is 105 Å². The molecule has 0 N–H and O–H groups in total. The van der Waals surface area contributed by atoms with Crippen LogP contribution in [0.25, 0.3) is 0 Å². The summed E-state index contributed by atoms with van der Waals surface area (Å²) in [5.74, 6) is 0. The Bertz CT molecular complexity index is 217. The summed E-state index contributed by atoms with van der Waals surface area (Å²) in [7, 11) is 0. The van der Waals surface area contributed by atoms with Gasteiger partial charge in [0, 0.05) is 0 Å². The van der Waals surface area contributed by atoms with Crippen molar-refractivity contribution in [3.63, 3.8) is 0 Å². The van der Waals surface area contributed by atoms with E-state index in [-0.39, 0.29) is 0 Å². The molecule has 0 unspecified atom stereocenters. The first-order valence-corrected chi connectivity index (χ1v) is 8.25. The van der Waals surface area contributed by atoms with E-state index in [1.54, 1.807) is 0 Å². The molecule has 0 atom stereocenters. The van der Waals surface area contributed by atoms with Gasteiger partial charge in [-0.25, -0.2) is 0 Å². The zero-order valence-electron chi connectivity index (χ0n) is 5.84. The zero-order chi connectivity index (χ0) is 11.4. The molecule has 1 saturated heterocycles. The van der Waals surface area contributed by atoms with Crippen LogP contribution in [0.3, 0.4) is 0 Å². The maximum absolute atomic E-state index is 12.1. The van der Waals surface area contributed by atoms with Gasteiger partial charge in [-0.2, -0.15) is 0 Å². The van der Waals surface area contributed by atoms with Crippen molar-refractivity contribution in [3.05, 3.63) is 0 Å². The predicted octanol–water partition coefficient (Wildman–Crippen LogP) is 2.32. The molecule has 0 spiro atoms. The quantitative estimate of drug-likeness (QED) is 0.279. The van der Waals surface area contributed by atoms with Crippen molar-refractivity contribution in [1.82, 2.24) is 0 Å². The molecule has 0 aromatic heterocycles. The van der Waals surface area contributed by atoms with Gasteiger partial charge < -0.3 is 0 Å². The van der Waals surface area contributed by atoms with Gasteiger partial charge in [0.1, 0.15) is 0 Å². The van der Waals surface area contributed by atoms with Crippen molar-refractivity contribution in [1.29, 1.82) is 0 Å². The van der Waals surface area contributed by atoms with Crippen molar-refractivity contribution < 1.29 is 26.3 Å². The van der Waals surface area contributed by atoms with Gasteiger partial charge in [-0.3, -0.25) is 0 Å². The first-order chi connectivity index (χ1) is 5.91. The Morgan fingerprint density at radius 3 is 1.07 bits per heavy atom. The van der Waals surface area contributed by atoms with Crippen LogP contribution >= 0.6 is 23.2 Å². The van der Waals surface area contributed by atoms with Crippen molar-refractivity contribution in [3.8, 4) is 0 Å². The summed E-state index contributed by atoms with van der Waals surface area (Å²) in [6.07, 6.45) is -9.49. The van der Waals surface area contributed by atoms with Crippen LogP contribution in [0.2, 0.25) is 0 Å². The molecule has 0 amide bonds. The van der Waals surface area contributed by atoms with E-state index in [2.05, 4.69) is 0 Å². The molecule has 1 aliphatic rings. The number of hydrogen-bond acceptors (Lipinski definition) is 0. The summed E-state index contributed by atoms with van der Waals surface area (Å²) in [4.78, 5) is 0. The number of hydrogen-bond donors (Lipinski definition) is 0. The molecular formula is C4Cl2F6Te2. The van der Waals surface area contributed by atoms with Crippen LogP contribution in [0, 0.1) is 0 Å². The molecule has 10 heteroatoms. The number of rotatable bonds is 0. The first kappa shape index (κ1) is 13.8. The van der Waals surface area contributed by atoms with Crippen LogP contribution in [0.15, 0.2) is 0 Å². The molecule has 1 aliphatic heterocycles. The van der Waals surface area contributed by atoms with Crippen LogP contribution < -0.4 is 0 Å². The number of alkyl halides is 8. The second kappa shape index (κ2) is 3.62.